The van der Waals surface area contributed by atoms with Gasteiger partial charge in [0.15, 0.2) is 5.96 Å². The number of piperazine rings is 1. The second-order valence-corrected chi connectivity index (χ2v) is 7.48. The van der Waals surface area contributed by atoms with Crippen LogP contribution in [0, 0.1) is 0 Å². The Hall–Kier alpha value is -1.94. The summed E-state index contributed by atoms with van der Waals surface area (Å²) in [5.41, 5.74) is 2.12. The first kappa shape index (κ1) is 22.7. The standard InChI is InChI=1S/C22H29N5O2.HI/c1-2-23-22(25-16-18-7-3-6-17-8-4-10-24-20(17)18)27-13-11-26(12-14-27)21(28)19-9-5-15-29-19;/h3-4,6-8,10,19H,2,5,9,11-16H2,1H3,(H,23,25);1H. The topological polar surface area (TPSA) is 70.1 Å². The van der Waals surface area contributed by atoms with Crippen LogP contribution in [0.5, 0.6) is 0 Å². The molecule has 0 radical (unpaired) electrons. The van der Waals surface area contributed by atoms with E-state index in [9.17, 15) is 4.79 Å². The molecule has 0 spiro atoms. The monoisotopic (exact) mass is 523 g/mol. The molecular weight excluding hydrogens is 493 g/mol. The Morgan fingerprint density at radius 2 is 1.97 bits per heavy atom. The highest BCUT2D eigenvalue weighted by molar-refractivity contribution is 14.0. The molecule has 162 valence electrons. The van der Waals surface area contributed by atoms with Gasteiger partial charge in [-0.2, -0.15) is 0 Å². The van der Waals surface area contributed by atoms with E-state index in [0.29, 0.717) is 26.2 Å². The Bertz CT molecular complexity index is 871. The average molecular weight is 523 g/mol. The summed E-state index contributed by atoms with van der Waals surface area (Å²) in [6.45, 7) is 7.13. The van der Waals surface area contributed by atoms with Gasteiger partial charge in [0.05, 0.1) is 12.1 Å². The second kappa shape index (κ2) is 10.9. The molecule has 2 saturated heterocycles. The summed E-state index contributed by atoms with van der Waals surface area (Å²) < 4.78 is 5.56. The van der Waals surface area contributed by atoms with Crippen LogP contribution in [0.25, 0.3) is 10.9 Å². The van der Waals surface area contributed by atoms with Gasteiger partial charge in [-0.3, -0.25) is 9.78 Å². The predicted octanol–water partition coefficient (Wildman–Crippen LogP) is 2.64. The van der Waals surface area contributed by atoms with Crippen LogP contribution in [0.3, 0.4) is 0 Å². The van der Waals surface area contributed by atoms with E-state index in [1.54, 1.807) is 0 Å². The number of hydrogen-bond acceptors (Lipinski definition) is 4. The Morgan fingerprint density at radius 1 is 1.20 bits per heavy atom. The molecular formula is C22H30IN5O2. The zero-order valence-corrected chi connectivity index (χ0v) is 19.7. The number of halogens is 1. The van der Waals surface area contributed by atoms with Crippen molar-refractivity contribution in [1.29, 1.82) is 0 Å². The van der Waals surface area contributed by atoms with Gasteiger partial charge in [-0.1, -0.05) is 24.3 Å². The first-order valence-corrected chi connectivity index (χ1v) is 10.5. The van der Waals surface area contributed by atoms with Crippen molar-refractivity contribution < 1.29 is 9.53 Å². The van der Waals surface area contributed by atoms with Crippen LogP contribution in [0.4, 0.5) is 0 Å². The number of fused-ring (bicyclic) bond motifs is 1. The van der Waals surface area contributed by atoms with Gasteiger partial charge < -0.3 is 19.9 Å². The lowest BCUT2D eigenvalue weighted by atomic mass is 10.1. The van der Waals surface area contributed by atoms with Gasteiger partial charge in [0.25, 0.3) is 5.91 Å². The third-order valence-corrected chi connectivity index (χ3v) is 5.55. The lowest BCUT2D eigenvalue weighted by Gasteiger charge is -2.37. The first-order chi connectivity index (χ1) is 14.3. The zero-order valence-electron chi connectivity index (χ0n) is 17.4. The number of carbonyl (C=O) groups excluding carboxylic acids is 1. The lowest BCUT2D eigenvalue weighted by Crippen LogP contribution is -2.55. The number of aromatic nitrogens is 1. The molecule has 30 heavy (non-hydrogen) atoms. The number of amides is 1. The van der Waals surface area contributed by atoms with Crippen molar-refractivity contribution in [3.63, 3.8) is 0 Å². The van der Waals surface area contributed by atoms with Crippen molar-refractivity contribution in [3.05, 3.63) is 42.1 Å². The highest BCUT2D eigenvalue weighted by Gasteiger charge is 2.30. The van der Waals surface area contributed by atoms with E-state index in [1.807, 2.05) is 17.2 Å². The number of guanidine groups is 1. The largest absolute Gasteiger partial charge is 0.368 e. The molecule has 0 aliphatic carbocycles. The molecule has 1 atom stereocenters. The Morgan fingerprint density at radius 3 is 2.70 bits per heavy atom. The van der Waals surface area contributed by atoms with Crippen molar-refractivity contribution in [2.75, 3.05) is 39.3 Å². The van der Waals surface area contributed by atoms with E-state index < -0.39 is 0 Å². The van der Waals surface area contributed by atoms with Crippen molar-refractivity contribution in [3.8, 4) is 0 Å². The summed E-state index contributed by atoms with van der Waals surface area (Å²) in [6, 6.07) is 10.2. The smallest absolute Gasteiger partial charge is 0.251 e. The quantitative estimate of drug-likeness (QED) is 0.379. The Balaban J connectivity index is 0.00000256. The number of para-hydroxylation sites is 1. The van der Waals surface area contributed by atoms with Gasteiger partial charge in [0.1, 0.15) is 6.10 Å². The van der Waals surface area contributed by atoms with Crippen molar-refractivity contribution >= 4 is 46.7 Å². The van der Waals surface area contributed by atoms with Crippen molar-refractivity contribution in [1.82, 2.24) is 20.1 Å². The van der Waals surface area contributed by atoms with E-state index in [4.69, 9.17) is 9.73 Å². The molecule has 2 fully saturated rings. The third kappa shape index (κ3) is 5.21. The Kier molecular flexibility index (Phi) is 8.26. The highest BCUT2D eigenvalue weighted by Crippen LogP contribution is 2.18. The van der Waals surface area contributed by atoms with Crippen LogP contribution >= 0.6 is 24.0 Å². The SMILES string of the molecule is CCNC(=NCc1cccc2cccnc12)N1CCN(C(=O)C2CCCO2)CC1.I. The maximum Gasteiger partial charge on any atom is 0.251 e. The van der Waals surface area contributed by atoms with Gasteiger partial charge in [0.2, 0.25) is 0 Å². The van der Waals surface area contributed by atoms with Crippen molar-refractivity contribution in [2.45, 2.75) is 32.4 Å². The number of nitrogens with zero attached hydrogens (tertiary/aromatic N) is 4. The molecule has 1 N–H and O–H groups in total. The van der Waals surface area contributed by atoms with E-state index in [-0.39, 0.29) is 36.0 Å². The summed E-state index contributed by atoms with van der Waals surface area (Å²) in [5, 5.41) is 4.53. The molecule has 0 bridgehead atoms. The molecule has 4 rings (SSSR count). The molecule has 1 amide bonds. The van der Waals surface area contributed by atoms with Gasteiger partial charge in [0, 0.05) is 50.9 Å². The molecule has 1 aromatic heterocycles. The van der Waals surface area contributed by atoms with Crippen molar-refractivity contribution in [2.24, 2.45) is 4.99 Å². The maximum atomic E-state index is 12.6. The fraction of sp³-hybridized carbons (Fsp3) is 0.500. The number of benzene rings is 1. The van der Waals surface area contributed by atoms with Crippen LogP contribution in [-0.2, 0) is 16.1 Å². The van der Waals surface area contributed by atoms with E-state index in [2.05, 4.69) is 46.4 Å². The average Bonchev–Trinajstić information content (AvgIpc) is 3.31. The van der Waals surface area contributed by atoms with E-state index in [0.717, 1.165) is 54.9 Å². The Labute approximate surface area is 194 Å². The summed E-state index contributed by atoms with van der Waals surface area (Å²) >= 11 is 0. The minimum absolute atomic E-state index is 0. The van der Waals surface area contributed by atoms with Gasteiger partial charge in [-0.05, 0) is 31.4 Å². The minimum atomic E-state index is -0.234. The number of carbonyl (C=O) groups is 1. The van der Waals surface area contributed by atoms with Crippen LogP contribution in [0.2, 0.25) is 0 Å². The zero-order chi connectivity index (χ0) is 20.1. The normalized spacial score (nSPS) is 19.6. The molecule has 7 nitrogen and oxygen atoms in total. The van der Waals surface area contributed by atoms with Gasteiger partial charge in [-0.15, -0.1) is 24.0 Å². The summed E-state index contributed by atoms with van der Waals surface area (Å²) in [4.78, 5) is 26.1. The minimum Gasteiger partial charge on any atom is -0.368 e. The number of pyridine rings is 1. The predicted molar refractivity (Wildman–Crippen MR) is 129 cm³/mol. The van der Waals surface area contributed by atoms with Crippen LogP contribution < -0.4 is 5.32 Å². The molecule has 1 aromatic carbocycles. The van der Waals surface area contributed by atoms with E-state index >= 15 is 0 Å². The molecule has 8 heteroatoms. The number of nitrogens with one attached hydrogen (secondary N) is 1. The first-order valence-electron chi connectivity index (χ1n) is 10.5. The summed E-state index contributed by atoms with van der Waals surface area (Å²) in [6.07, 6.45) is 3.42. The number of aliphatic imine (C=N–C) groups is 1. The molecule has 3 heterocycles. The maximum absolute atomic E-state index is 12.6. The molecule has 2 aliphatic heterocycles. The number of hydrogen-bond donors (Lipinski definition) is 1. The fourth-order valence-electron chi connectivity index (χ4n) is 4.00. The third-order valence-electron chi connectivity index (χ3n) is 5.55. The number of rotatable bonds is 4. The van der Waals surface area contributed by atoms with Crippen LogP contribution in [0.1, 0.15) is 25.3 Å². The summed E-state index contributed by atoms with van der Waals surface area (Å²) in [5.74, 6) is 1.04. The van der Waals surface area contributed by atoms with Gasteiger partial charge >= 0.3 is 0 Å². The summed E-state index contributed by atoms with van der Waals surface area (Å²) in [7, 11) is 0. The van der Waals surface area contributed by atoms with Gasteiger partial charge in [-0.25, -0.2) is 4.99 Å². The number of ether oxygens (including phenoxy) is 1. The molecule has 2 aliphatic rings. The highest BCUT2D eigenvalue weighted by atomic mass is 127. The molecule has 0 saturated carbocycles. The molecule has 2 aromatic rings. The van der Waals surface area contributed by atoms with Crippen LogP contribution in [0.15, 0.2) is 41.5 Å². The van der Waals surface area contributed by atoms with Crippen LogP contribution in [-0.4, -0.2) is 72.1 Å². The van der Waals surface area contributed by atoms with E-state index in [1.165, 1.54) is 0 Å². The second-order valence-electron chi connectivity index (χ2n) is 7.48. The molecule has 1 unspecified atom stereocenters. The lowest BCUT2D eigenvalue weighted by molar-refractivity contribution is -0.142. The fourth-order valence-corrected chi connectivity index (χ4v) is 4.00.